The van der Waals surface area contributed by atoms with Crippen molar-refractivity contribution in [1.29, 1.82) is 0 Å². The van der Waals surface area contributed by atoms with Gasteiger partial charge in [0.15, 0.2) is 21.5 Å². The van der Waals surface area contributed by atoms with Crippen LogP contribution in [0.15, 0.2) is 41.9 Å². The highest BCUT2D eigenvalue weighted by Crippen LogP contribution is 2.33. The minimum Gasteiger partial charge on any atom is -0.324 e. The van der Waals surface area contributed by atoms with E-state index in [1.54, 1.807) is 0 Å². The average Bonchev–Trinajstić information content (AvgIpc) is 3.09. The summed E-state index contributed by atoms with van der Waals surface area (Å²) in [5.74, 6) is -1.04. The first kappa shape index (κ1) is 21.7. The van der Waals surface area contributed by atoms with Crippen molar-refractivity contribution >= 4 is 20.9 Å². The molecule has 166 valence electrons. The lowest BCUT2D eigenvalue weighted by molar-refractivity contribution is -0.141. The largest absolute Gasteiger partial charge is 0.433 e. The Balaban J connectivity index is 1.96. The van der Waals surface area contributed by atoms with Crippen molar-refractivity contribution in [2.75, 3.05) is 5.75 Å². The maximum atomic E-state index is 14.1. The van der Waals surface area contributed by atoms with E-state index >= 15 is 0 Å². The lowest BCUT2D eigenvalue weighted by Crippen LogP contribution is -2.09. The Bertz CT molecular complexity index is 1450. The van der Waals surface area contributed by atoms with Gasteiger partial charge in [-0.1, -0.05) is 6.92 Å². The molecular formula is C19H14F4N6O2S. The minimum absolute atomic E-state index is 0.0165. The third-order valence-electron chi connectivity index (χ3n) is 4.78. The predicted octanol–water partition coefficient (Wildman–Crippen LogP) is 3.44. The molecule has 0 saturated heterocycles. The van der Waals surface area contributed by atoms with E-state index in [1.165, 1.54) is 30.8 Å². The summed E-state index contributed by atoms with van der Waals surface area (Å²) in [6.07, 6.45) is -0.399. The van der Waals surface area contributed by atoms with Gasteiger partial charge in [-0.05, 0) is 12.1 Å². The molecule has 4 aromatic rings. The van der Waals surface area contributed by atoms with Gasteiger partial charge in [-0.15, -0.1) is 0 Å². The third-order valence-corrected chi connectivity index (χ3v) is 6.52. The molecule has 0 N–H and O–H groups in total. The number of hydrogen-bond acceptors (Lipinski definition) is 7. The Hall–Kier alpha value is -3.48. The molecule has 4 aromatic heterocycles. The number of alkyl halides is 3. The molecule has 8 nitrogen and oxygen atoms in total. The second-order valence-electron chi connectivity index (χ2n) is 6.74. The normalized spacial score (nSPS) is 12.4. The quantitative estimate of drug-likeness (QED) is 0.425. The summed E-state index contributed by atoms with van der Waals surface area (Å²) in [7, 11) is -2.38. The van der Waals surface area contributed by atoms with E-state index in [-0.39, 0.29) is 44.5 Å². The van der Waals surface area contributed by atoms with Gasteiger partial charge in [-0.3, -0.25) is 4.98 Å². The summed E-state index contributed by atoms with van der Waals surface area (Å²) in [4.78, 5) is 18.9. The van der Waals surface area contributed by atoms with Gasteiger partial charge in [-0.25, -0.2) is 32.7 Å². The highest BCUT2D eigenvalue weighted by Gasteiger charge is 2.33. The Morgan fingerprint density at radius 1 is 1.03 bits per heavy atom. The third kappa shape index (κ3) is 3.68. The van der Waals surface area contributed by atoms with Crippen LogP contribution in [-0.4, -0.2) is 43.7 Å². The molecule has 4 rings (SSSR count). The van der Waals surface area contributed by atoms with Crippen LogP contribution in [0.4, 0.5) is 17.6 Å². The second-order valence-corrected chi connectivity index (χ2v) is 8.99. The van der Waals surface area contributed by atoms with Crippen molar-refractivity contribution in [3.05, 3.63) is 48.6 Å². The predicted molar refractivity (Wildman–Crippen MR) is 105 cm³/mol. The van der Waals surface area contributed by atoms with E-state index in [9.17, 15) is 26.0 Å². The zero-order chi connectivity index (χ0) is 23.3. The lowest BCUT2D eigenvalue weighted by Gasteiger charge is -2.11. The molecule has 32 heavy (non-hydrogen) atoms. The first-order valence-corrected chi connectivity index (χ1v) is 10.8. The first-order valence-electron chi connectivity index (χ1n) is 9.11. The fourth-order valence-electron chi connectivity index (χ4n) is 3.12. The van der Waals surface area contributed by atoms with E-state index in [0.717, 1.165) is 24.8 Å². The fourth-order valence-corrected chi connectivity index (χ4v) is 4.17. The van der Waals surface area contributed by atoms with E-state index < -0.39 is 27.5 Å². The van der Waals surface area contributed by atoms with Crippen LogP contribution in [0.25, 0.3) is 33.8 Å². The van der Waals surface area contributed by atoms with Crippen LogP contribution in [0.1, 0.15) is 12.6 Å². The molecule has 4 heterocycles. The molecule has 0 radical (unpaired) electrons. The van der Waals surface area contributed by atoms with Crippen LogP contribution in [0.5, 0.6) is 0 Å². The summed E-state index contributed by atoms with van der Waals surface area (Å²) in [6, 6.07) is 1.99. The van der Waals surface area contributed by atoms with Gasteiger partial charge in [0.1, 0.15) is 23.4 Å². The van der Waals surface area contributed by atoms with E-state index in [1.807, 2.05) is 0 Å². The first-order chi connectivity index (χ1) is 15.0. The van der Waals surface area contributed by atoms with Crippen LogP contribution in [0, 0.1) is 5.82 Å². The minimum atomic E-state index is -4.66. The van der Waals surface area contributed by atoms with Crippen LogP contribution < -0.4 is 0 Å². The molecule has 0 aliphatic carbocycles. The molecule has 0 aliphatic heterocycles. The Morgan fingerprint density at radius 3 is 2.44 bits per heavy atom. The second kappa shape index (κ2) is 7.58. The standard InChI is InChI=1S/C19H14F4N6O2S/c1-3-32(30,31)14-4-10(16-11(20)7-24-9-27-16)6-26-17(14)18-28-12-5-15(19(21,22)23)25-8-13(12)29(18)2/h4-9H,3H2,1-2H3. The average molecular weight is 466 g/mol. The molecule has 0 unspecified atom stereocenters. The molecule has 13 heteroatoms. The maximum Gasteiger partial charge on any atom is 0.433 e. The van der Waals surface area contributed by atoms with Crippen LogP contribution in [-0.2, 0) is 23.1 Å². The molecule has 0 bridgehead atoms. The monoisotopic (exact) mass is 466 g/mol. The highest BCUT2D eigenvalue weighted by molar-refractivity contribution is 7.91. The van der Waals surface area contributed by atoms with E-state index in [4.69, 9.17) is 0 Å². The molecule has 0 amide bonds. The van der Waals surface area contributed by atoms with E-state index in [0.29, 0.717) is 0 Å². The zero-order valence-electron chi connectivity index (χ0n) is 16.6. The van der Waals surface area contributed by atoms with Gasteiger partial charge in [0.05, 0.1) is 34.1 Å². The number of aromatic nitrogens is 6. The number of nitrogens with zero attached hydrogens (tertiary/aromatic N) is 6. The van der Waals surface area contributed by atoms with Crippen LogP contribution in [0.2, 0.25) is 0 Å². The summed E-state index contributed by atoms with van der Waals surface area (Å²) in [6.45, 7) is 1.42. The molecule has 0 fully saturated rings. The van der Waals surface area contributed by atoms with Crippen molar-refractivity contribution in [2.24, 2.45) is 7.05 Å². The number of hydrogen-bond donors (Lipinski definition) is 0. The lowest BCUT2D eigenvalue weighted by atomic mass is 10.2. The van der Waals surface area contributed by atoms with Crippen LogP contribution in [0.3, 0.4) is 0 Å². The van der Waals surface area contributed by atoms with Gasteiger partial charge in [0.25, 0.3) is 0 Å². The zero-order valence-corrected chi connectivity index (χ0v) is 17.4. The van der Waals surface area contributed by atoms with Crippen molar-refractivity contribution in [3.63, 3.8) is 0 Å². The summed E-state index contributed by atoms with van der Waals surface area (Å²) in [5.41, 5.74) is -1.04. The van der Waals surface area contributed by atoms with Crippen molar-refractivity contribution < 1.29 is 26.0 Å². The van der Waals surface area contributed by atoms with Crippen molar-refractivity contribution in [1.82, 2.24) is 29.5 Å². The highest BCUT2D eigenvalue weighted by atomic mass is 32.2. The molecule has 0 spiro atoms. The topological polar surface area (TPSA) is 104 Å². The fraction of sp³-hybridized carbons (Fsp3) is 0.211. The number of halogens is 4. The molecular weight excluding hydrogens is 452 g/mol. The SMILES string of the molecule is CCS(=O)(=O)c1cc(-c2ncncc2F)cnc1-c1nc2cc(C(F)(F)F)ncc2n1C. The molecule has 0 aliphatic rings. The van der Waals surface area contributed by atoms with Crippen molar-refractivity contribution in [3.8, 4) is 22.8 Å². The number of imidazole rings is 1. The van der Waals surface area contributed by atoms with Gasteiger partial charge in [-0.2, -0.15) is 13.2 Å². The summed E-state index contributed by atoms with van der Waals surface area (Å²) in [5, 5.41) is 0. The summed E-state index contributed by atoms with van der Waals surface area (Å²) >= 11 is 0. The number of rotatable bonds is 4. The number of pyridine rings is 2. The molecule has 0 aromatic carbocycles. The van der Waals surface area contributed by atoms with Gasteiger partial charge < -0.3 is 4.57 Å². The van der Waals surface area contributed by atoms with Gasteiger partial charge >= 0.3 is 6.18 Å². The smallest absolute Gasteiger partial charge is 0.324 e. The van der Waals surface area contributed by atoms with E-state index in [2.05, 4.69) is 24.9 Å². The molecule has 0 saturated carbocycles. The number of sulfone groups is 1. The maximum absolute atomic E-state index is 14.1. The Morgan fingerprint density at radius 2 is 1.78 bits per heavy atom. The Kier molecular flexibility index (Phi) is 5.15. The number of aryl methyl sites for hydroxylation is 1. The number of fused-ring (bicyclic) bond motifs is 1. The molecule has 0 atom stereocenters. The summed E-state index contributed by atoms with van der Waals surface area (Å²) < 4.78 is 80.2. The van der Waals surface area contributed by atoms with Gasteiger partial charge in [0.2, 0.25) is 0 Å². The van der Waals surface area contributed by atoms with Crippen molar-refractivity contribution in [2.45, 2.75) is 18.0 Å². The van der Waals surface area contributed by atoms with Gasteiger partial charge in [0, 0.05) is 18.8 Å². The Labute approximate surface area is 178 Å². The van der Waals surface area contributed by atoms with Crippen LogP contribution >= 0.6 is 0 Å².